The molecule has 133 valence electrons. The van der Waals surface area contributed by atoms with Gasteiger partial charge in [-0.3, -0.25) is 0 Å². The molecule has 1 aliphatic carbocycles. The Morgan fingerprint density at radius 1 is 0.792 bits per heavy atom. The van der Waals surface area contributed by atoms with Crippen LogP contribution in [0.5, 0.6) is 5.75 Å². The Bertz CT molecular complexity index is 613. The van der Waals surface area contributed by atoms with Gasteiger partial charge >= 0.3 is 154 Å². The third-order valence-corrected chi connectivity index (χ3v) is 17.5. The minimum absolute atomic E-state index is 0.382. The van der Waals surface area contributed by atoms with Crippen LogP contribution in [0, 0.1) is 22.2 Å². The molecule has 3 rings (SSSR count). The summed E-state index contributed by atoms with van der Waals surface area (Å²) in [5.41, 5.74) is 1.16. The Hall–Kier alpha value is -0.437. The summed E-state index contributed by atoms with van der Waals surface area (Å²) in [6, 6.07) is 9.10. The molecule has 1 saturated heterocycles. The fraction of sp³-hybridized carbons (Fsp3) is 0.727. The van der Waals surface area contributed by atoms with Crippen LogP contribution >= 0.6 is 0 Å². The van der Waals surface area contributed by atoms with Crippen molar-refractivity contribution in [1.29, 1.82) is 0 Å². The van der Waals surface area contributed by atoms with Crippen molar-refractivity contribution in [3.63, 3.8) is 0 Å². The van der Waals surface area contributed by atoms with Crippen molar-refractivity contribution in [3.05, 3.63) is 24.3 Å². The number of ether oxygens (including phenoxy) is 1. The van der Waals surface area contributed by atoms with Crippen molar-refractivity contribution in [2.24, 2.45) is 22.2 Å². The topological polar surface area (TPSA) is 9.23 Å². The monoisotopic (exact) mass is 389 g/mol. The van der Waals surface area contributed by atoms with Crippen LogP contribution in [0.2, 0.25) is 8.49 Å². The van der Waals surface area contributed by atoms with E-state index in [-0.39, 0.29) is 0 Å². The Balaban J connectivity index is 2.12. The van der Waals surface area contributed by atoms with Crippen molar-refractivity contribution in [3.8, 4) is 5.75 Å². The molecule has 0 amide bonds. The van der Waals surface area contributed by atoms with Crippen LogP contribution < -0.4 is 9.13 Å². The number of hydrogen-bond donors (Lipinski definition) is 0. The molecule has 0 bridgehead atoms. The molecule has 24 heavy (non-hydrogen) atoms. The molecule has 1 radical (unpaired) electrons. The molecule has 0 N–H and O–H groups in total. The van der Waals surface area contributed by atoms with E-state index < -0.39 is 14.3 Å². The van der Waals surface area contributed by atoms with Gasteiger partial charge in [0.1, 0.15) is 0 Å². The van der Waals surface area contributed by atoms with E-state index in [0.29, 0.717) is 24.7 Å². The summed E-state index contributed by atoms with van der Waals surface area (Å²) in [5, 5.41) is 0. The van der Waals surface area contributed by atoms with Gasteiger partial charge in [0.15, 0.2) is 0 Å². The molecule has 1 aromatic rings. The van der Waals surface area contributed by atoms with Gasteiger partial charge in [-0.25, -0.2) is 0 Å². The molecule has 2 unspecified atom stereocenters. The van der Waals surface area contributed by atoms with Crippen LogP contribution in [-0.4, -0.2) is 21.5 Å². The number of methoxy groups -OCH3 is 1. The Morgan fingerprint density at radius 2 is 1.21 bits per heavy atom. The molecule has 0 spiro atoms. The van der Waals surface area contributed by atoms with Gasteiger partial charge in [0.05, 0.1) is 0 Å². The Kier molecular flexibility index (Phi) is 3.70. The van der Waals surface area contributed by atoms with E-state index in [0.717, 1.165) is 11.7 Å². The number of hydrogen-bond acceptors (Lipinski definition) is 1. The van der Waals surface area contributed by atoms with E-state index in [1.54, 1.807) is 11.5 Å². The van der Waals surface area contributed by atoms with E-state index in [4.69, 9.17) is 4.74 Å². The summed E-state index contributed by atoms with van der Waals surface area (Å²) in [4.78, 5) is 0. The van der Waals surface area contributed by atoms with E-state index in [1.165, 1.54) is 0 Å². The normalized spacial score (nSPS) is 33.2. The zero-order valence-electron chi connectivity index (χ0n) is 17.3. The Labute approximate surface area is 153 Å². The maximum atomic E-state index is 5.39. The van der Waals surface area contributed by atoms with E-state index in [1.807, 2.05) is 0 Å². The molecular weight excluding hydrogens is 353 g/mol. The van der Waals surface area contributed by atoms with Crippen molar-refractivity contribution in [2.75, 3.05) is 7.11 Å². The fourth-order valence-corrected chi connectivity index (χ4v) is 20.4. The first kappa shape index (κ1) is 18.4. The second-order valence-corrected chi connectivity index (χ2v) is 17.1. The van der Waals surface area contributed by atoms with Gasteiger partial charge in [-0.1, -0.05) is 0 Å². The molecule has 2 atom stereocenters. The predicted molar refractivity (Wildman–Crippen MR) is 106 cm³/mol. The second-order valence-electron chi connectivity index (χ2n) is 11.0. The van der Waals surface area contributed by atoms with Crippen LogP contribution in [0.25, 0.3) is 0 Å². The molecule has 2 aliphatic rings. The van der Waals surface area contributed by atoms with E-state index in [2.05, 4.69) is 86.6 Å². The summed E-state index contributed by atoms with van der Waals surface area (Å²) in [6.07, 6.45) is 0. The Morgan fingerprint density at radius 3 is 1.50 bits per heavy atom. The zero-order chi connectivity index (χ0) is 18.3. The molecular formula is C22H35GeO. The van der Waals surface area contributed by atoms with Gasteiger partial charge in [0, 0.05) is 0 Å². The van der Waals surface area contributed by atoms with E-state index >= 15 is 0 Å². The van der Waals surface area contributed by atoms with Crippen molar-refractivity contribution in [1.82, 2.24) is 0 Å². The summed E-state index contributed by atoms with van der Waals surface area (Å²) in [5.74, 6) is 1.84. The maximum absolute atomic E-state index is 5.39. The summed E-state index contributed by atoms with van der Waals surface area (Å²) >= 11 is -1.38. The van der Waals surface area contributed by atoms with Gasteiger partial charge in [0.25, 0.3) is 0 Å². The molecule has 1 aromatic carbocycles. The molecule has 1 aliphatic heterocycles. The molecule has 0 aromatic heterocycles. The van der Waals surface area contributed by atoms with E-state index in [9.17, 15) is 0 Å². The van der Waals surface area contributed by atoms with Crippen LogP contribution in [0.3, 0.4) is 0 Å². The fourth-order valence-electron chi connectivity index (χ4n) is 6.44. The van der Waals surface area contributed by atoms with Gasteiger partial charge in [-0.15, -0.1) is 0 Å². The SMILES string of the molecule is COc1cc[c]([Ge]2[C]3(C(C)(C)C)C(C(C)(C)C)[C]23C(C)(C)C)cc1. The quantitative estimate of drug-likeness (QED) is 0.595. The molecule has 2 fully saturated rings. The second kappa shape index (κ2) is 4.84. The van der Waals surface area contributed by atoms with Crippen molar-refractivity contribution >= 4 is 18.7 Å². The molecule has 1 heterocycles. The van der Waals surface area contributed by atoms with Crippen molar-refractivity contribution in [2.45, 2.75) is 70.8 Å². The third-order valence-electron chi connectivity index (χ3n) is 6.74. The first-order chi connectivity index (χ1) is 10.8. The average molecular weight is 388 g/mol. The van der Waals surface area contributed by atoms with Crippen LogP contribution in [-0.2, 0) is 0 Å². The summed E-state index contributed by atoms with van der Waals surface area (Å²) in [7, 11) is 1.76. The van der Waals surface area contributed by atoms with Gasteiger partial charge in [0.2, 0.25) is 0 Å². The van der Waals surface area contributed by atoms with Crippen molar-refractivity contribution < 1.29 is 4.74 Å². The third kappa shape index (κ3) is 1.94. The van der Waals surface area contributed by atoms with Gasteiger partial charge in [-0.2, -0.15) is 0 Å². The van der Waals surface area contributed by atoms with Crippen LogP contribution in [0.4, 0.5) is 0 Å². The molecule has 1 nitrogen and oxygen atoms in total. The van der Waals surface area contributed by atoms with Crippen LogP contribution in [0.1, 0.15) is 62.3 Å². The predicted octanol–water partition coefficient (Wildman–Crippen LogP) is 5.66. The first-order valence-corrected chi connectivity index (χ1v) is 12.4. The zero-order valence-corrected chi connectivity index (χ0v) is 19.4. The number of rotatable bonds is 2. The first-order valence-electron chi connectivity index (χ1n) is 9.30. The minimum atomic E-state index is -1.38. The molecule has 2 heteroatoms. The summed E-state index contributed by atoms with van der Waals surface area (Å²) < 4.78 is 8.20. The number of benzene rings is 1. The molecule has 1 saturated carbocycles. The van der Waals surface area contributed by atoms with Crippen LogP contribution in [0.15, 0.2) is 24.3 Å². The standard InChI is InChI=1S/C22H35GeO/c1-18(2,3)17-21(19(4,5)6)22(17,20(7,8)9)23(21)15-11-13-16(24-10)14-12-15/h11-14,17H,1-10H3. The average Bonchev–Trinajstić information content (AvgIpc) is 3.21. The van der Waals surface area contributed by atoms with Gasteiger partial charge in [-0.05, 0) is 0 Å². The number of fused-ring (bicyclic) bond motifs is 1. The van der Waals surface area contributed by atoms with Gasteiger partial charge < -0.3 is 0 Å². The summed E-state index contributed by atoms with van der Waals surface area (Å²) in [6.45, 7) is 22.4.